The maximum atomic E-state index is 12.3. The maximum Gasteiger partial charge on any atom is 0.313 e. The zero-order valence-corrected chi connectivity index (χ0v) is 18.1. The van der Waals surface area contributed by atoms with E-state index in [2.05, 4.69) is 31.1 Å². The van der Waals surface area contributed by atoms with E-state index >= 15 is 0 Å². The van der Waals surface area contributed by atoms with Gasteiger partial charge in [-0.2, -0.15) is 4.98 Å². The number of hydrogen-bond acceptors (Lipinski definition) is 7. The molecule has 0 aliphatic carbocycles. The van der Waals surface area contributed by atoms with Gasteiger partial charge in [-0.25, -0.2) is 0 Å². The molecule has 0 fully saturated rings. The Labute approximate surface area is 194 Å². The van der Waals surface area contributed by atoms with Crippen LogP contribution >= 0.6 is 0 Å². The largest absolute Gasteiger partial charge is 0.344 e. The molecule has 0 unspecified atom stereocenters. The predicted octanol–water partition coefficient (Wildman–Crippen LogP) is 2.95. The number of nitrogens with one attached hydrogen (secondary N) is 3. The first-order valence-electron chi connectivity index (χ1n) is 10.3. The lowest BCUT2D eigenvalue weighted by molar-refractivity contribution is -0.136. The minimum atomic E-state index is -0.819. The normalized spacial score (nSPS) is 10.4. The molecule has 2 aromatic carbocycles. The van der Waals surface area contributed by atoms with Crippen LogP contribution in [0.3, 0.4) is 0 Å². The lowest BCUT2D eigenvalue weighted by atomic mass is 10.2. The smallest absolute Gasteiger partial charge is 0.313 e. The molecule has 10 heteroatoms. The molecule has 4 aromatic rings. The fraction of sp³-hybridized carbons (Fsp3) is 0.0833. The molecule has 0 aliphatic rings. The molecule has 4 rings (SSSR count). The van der Waals surface area contributed by atoms with Crippen LogP contribution in [0.5, 0.6) is 0 Å². The molecule has 0 aliphatic heterocycles. The quantitative estimate of drug-likeness (QED) is 0.379. The topological polar surface area (TPSA) is 139 Å². The molecule has 34 heavy (non-hydrogen) atoms. The van der Waals surface area contributed by atoms with E-state index in [0.717, 1.165) is 0 Å². The van der Waals surface area contributed by atoms with E-state index in [9.17, 15) is 14.4 Å². The van der Waals surface area contributed by atoms with Crippen LogP contribution in [0.25, 0.3) is 11.5 Å². The molecule has 0 saturated heterocycles. The van der Waals surface area contributed by atoms with Crippen molar-refractivity contribution < 1.29 is 18.9 Å². The van der Waals surface area contributed by atoms with Gasteiger partial charge in [0, 0.05) is 41.4 Å². The minimum Gasteiger partial charge on any atom is -0.344 e. The van der Waals surface area contributed by atoms with Gasteiger partial charge in [-0.15, -0.1) is 0 Å². The third kappa shape index (κ3) is 5.68. The Bertz CT molecular complexity index is 1340. The van der Waals surface area contributed by atoms with Gasteiger partial charge in [0.05, 0.1) is 0 Å². The van der Waals surface area contributed by atoms with Crippen LogP contribution < -0.4 is 16.0 Å². The molecule has 0 radical (unpaired) electrons. The van der Waals surface area contributed by atoms with Gasteiger partial charge in [0.2, 0.25) is 0 Å². The van der Waals surface area contributed by atoms with Gasteiger partial charge in [0.25, 0.3) is 11.8 Å². The van der Waals surface area contributed by atoms with Crippen molar-refractivity contribution in [1.82, 2.24) is 20.4 Å². The third-order valence-corrected chi connectivity index (χ3v) is 4.68. The average Bonchev–Trinajstić information content (AvgIpc) is 3.30. The van der Waals surface area contributed by atoms with Crippen molar-refractivity contribution in [3.8, 4) is 11.5 Å². The van der Waals surface area contributed by atoms with Crippen LogP contribution in [0, 0.1) is 6.92 Å². The number of anilines is 2. The van der Waals surface area contributed by atoms with Gasteiger partial charge < -0.3 is 20.5 Å². The predicted molar refractivity (Wildman–Crippen MR) is 124 cm³/mol. The van der Waals surface area contributed by atoms with Gasteiger partial charge in [-0.05, 0) is 55.0 Å². The lowest BCUT2D eigenvalue weighted by Crippen LogP contribution is -2.34. The van der Waals surface area contributed by atoms with Crippen LogP contribution in [0.4, 0.5) is 11.4 Å². The summed E-state index contributed by atoms with van der Waals surface area (Å²) in [7, 11) is 0. The van der Waals surface area contributed by atoms with Gasteiger partial charge in [0.15, 0.2) is 5.82 Å². The molecule has 3 N–H and O–H groups in total. The number of aromatic nitrogens is 3. The average molecular weight is 456 g/mol. The first-order valence-corrected chi connectivity index (χ1v) is 10.3. The number of pyridine rings is 1. The number of rotatable bonds is 6. The van der Waals surface area contributed by atoms with Crippen LogP contribution in [-0.2, 0) is 16.1 Å². The SMILES string of the molecule is Cc1noc(-c2cccc(NC(=O)C(=O)NCc3cccc(NC(=O)c4ccncc4)c3)c2)n1. The molecule has 0 saturated carbocycles. The number of carbonyl (C=O) groups excluding carboxylic acids is 3. The monoisotopic (exact) mass is 456 g/mol. The fourth-order valence-corrected chi connectivity index (χ4v) is 3.06. The van der Waals surface area contributed by atoms with Gasteiger partial charge in [-0.3, -0.25) is 19.4 Å². The molecule has 170 valence electrons. The van der Waals surface area contributed by atoms with Crippen molar-refractivity contribution in [1.29, 1.82) is 0 Å². The van der Waals surface area contributed by atoms with Crippen LogP contribution in [0.1, 0.15) is 21.7 Å². The summed E-state index contributed by atoms with van der Waals surface area (Å²) in [6, 6.07) is 16.9. The Kier molecular flexibility index (Phi) is 6.68. The second-order valence-electron chi connectivity index (χ2n) is 7.25. The zero-order chi connectivity index (χ0) is 23.9. The second-order valence-corrected chi connectivity index (χ2v) is 7.25. The Balaban J connectivity index is 1.33. The van der Waals surface area contributed by atoms with E-state index in [1.54, 1.807) is 67.6 Å². The number of nitrogens with zero attached hydrogens (tertiary/aromatic N) is 3. The first kappa shape index (κ1) is 22.3. The Morgan fingerprint density at radius 1 is 0.882 bits per heavy atom. The molecular formula is C24H20N6O4. The second kappa shape index (κ2) is 10.2. The number of benzene rings is 2. The van der Waals surface area contributed by atoms with Gasteiger partial charge in [0.1, 0.15) is 0 Å². The van der Waals surface area contributed by atoms with E-state index in [0.29, 0.717) is 39.8 Å². The zero-order valence-electron chi connectivity index (χ0n) is 18.1. The maximum absolute atomic E-state index is 12.3. The third-order valence-electron chi connectivity index (χ3n) is 4.68. The highest BCUT2D eigenvalue weighted by molar-refractivity contribution is 6.39. The van der Waals surface area contributed by atoms with Crippen LogP contribution in [0.15, 0.2) is 77.6 Å². The molecule has 0 atom stereocenters. The molecular weight excluding hydrogens is 436 g/mol. The highest BCUT2D eigenvalue weighted by Gasteiger charge is 2.15. The highest BCUT2D eigenvalue weighted by Crippen LogP contribution is 2.21. The van der Waals surface area contributed by atoms with Crippen molar-refractivity contribution in [2.45, 2.75) is 13.5 Å². The van der Waals surface area contributed by atoms with E-state index in [-0.39, 0.29) is 12.5 Å². The number of aryl methyl sites for hydroxylation is 1. The summed E-state index contributed by atoms with van der Waals surface area (Å²) >= 11 is 0. The molecule has 2 aromatic heterocycles. The molecule has 3 amide bonds. The number of carbonyl (C=O) groups is 3. The summed E-state index contributed by atoms with van der Waals surface area (Å²) < 4.78 is 5.12. The highest BCUT2D eigenvalue weighted by atomic mass is 16.5. The molecule has 10 nitrogen and oxygen atoms in total. The Morgan fingerprint density at radius 3 is 2.35 bits per heavy atom. The Morgan fingerprint density at radius 2 is 1.62 bits per heavy atom. The molecule has 0 bridgehead atoms. The van der Waals surface area contributed by atoms with Crippen molar-refractivity contribution in [3.05, 3.63) is 90.0 Å². The van der Waals surface area contributed by atoms with E-state index < -0.39 is 11.8 Å². The van der Waals surface area contributed by atoms with Gasteiger partial charge in [-0.1, -0.05) is 23.4 Å². The summed E-state index contributed by atoms with van der Waals surface area (Å²) in [5.74, 6) is -1.09. The fourth-order valence-electron chi connectivity index (χ4n) is 3.06. The van der Waals surface area contributed by atoms with Crippen molar-refractivity contribution in [3.63, 3.8) is 0 Å². The standard InChI is InChI=1S/C24H20N6O4/c1-15-27-24(34-30-15)18-5-3-7-20(13-18)29-23(33)22(32)26-14-16-4-2-6-19(12-16)28-21(31)17-8-10-25-11-9-17/h2-13H,14H2,1H3,(H,26,32)(H,28,31)(H,29,33). The summed E-state index contributed by atoms with van der Waals surface area (Å²) in [5, 5.41) is 11.6. The van der Waals surface area contributed by atoms with Crippen molar-refractivity contribution in [2.75, 3.05) is 10.6 Å². The summed E-state index contributed by atoms with van der Waals surface area (Å²) in [4.78, 5) is 44.9. The van der Waals surface area contributed by atoms with Crippen LogP contribution in [0.2, 0.25) is 0 Å². The summed E-state index contributed by atoms with van der Waals surface area (Å²) in [6.45, 7) is 1.81. The molecule has 2 heterocycles. The van der Waals surface area contributed by atoms with Crippen molar-refractivity contribution >= 4 is 29.1 Å². The van der Waals surface area contributed by atoms with Gasteiger partial charge >= 0.3 is 11.8 Å². The van der Waals surface area contributed by atoms with E-state index in [4.69, 9.17) is 4.52 Å². The summed E-state index contributed by atoms with van der Waals surface area (Å²) in [5.41, 5.74) is 2.77. The first-order chi connectivity index (χ1) is 16.5. The minimum absolute atomic E-state index is 0.104. The van der Waals surface area contributed by atoms with E-state index in [1.165, 1.54) is 12.4 Å². The number of amides is 3. The Hall–Kier alpha value is -4.86. The summed E-state index contributed by atoms with van der Waals surface area (Å²) in [6.07, 6.45) is 3.07. The van der Waals surface area contributed by atoms with Crippen LogP contribution in [-0.4, -0.2) is 32.8 Å². The lowest BCUT2D eigenvalue weighted by Gasteiger charge is -2.09. The van der Waals surface area contributed by atoms with E-state index in [1.807, 2.05) is 0 Å². The number of hydrogen-bond donors (Lipinski definition) is 3. The van der Waals surface area contributed by atoms with Crippen molar-refractivity contribution in [2.24, 2.45) is 0 Å². The molecule has 0 spiro atoms.